The number of allylic oxidation sites excluding steroid dienone is 1. The summed E-state index contributed by atoms with van der Waals surface area (Å²) in [7, 11) is 0. The van der Waals surface area contributed by atoms with E-state index in [2.05, 4.69) is 22.0 Å². The molecule has 1 aromatic heterocycles. The Hall–Kier alpha value is -3.61. The Balaban J connectivity index is 1.27. The van der Waals surface area contributed by atoms with Gasteiger partial charge in [0, 0.05) is 43.2 Å². The highest BCUT2D eigenvalue weighted by Gasteiger charge is 2.54. The van der Waals surface area contributed by atoms with Crippen molar-refractivity contribution < 1.29 is 14.3 Å². The molecule has 2 aliphatic rings. The van der Waals surface area contributed by atoms with E-state index in [1.54, 1.807) is 30.6 Å². The molecule has 2 aliphatic heterocycles. The molecule has 2 fully saturated rings. The van der Waals surface area contributed by atoms with Gasteiger partial charge in [-0.25, -0.2) is 0 Å². The van der Waals surface area contributed by atoms with Crippen molar-refractivity contribution in [3.05, 3.63) is 107 Å². The van der Waals surface area contributed by atoms with Crippen LogP contribution < -0.4 is 0 Å². The molecule has 166 valence electrons. The summed E-state index contributed by atoms with van der Waals surface area (Å²) in [5.41, 5.74) is 2.90. The maximum atomic E-state index is 13.4. The maximum Gasteiger partial charge on any atom is 0.255 e. The van der Waals surface area contributed by atoms with E-state index in [-0.39, 0.29) is 17.4 Å². The molecule has 6 nitrogen and oxygen atoms in total. The maximum absolute atomic E-state index is 13.4. The average molecular weight is 440 g/mol. The molecule has 3 heterocycles. The molecule has 2 saturated heterocycles. The van der Waals surface area contributed by atoms with Crippen LogP contribution in [0.3, 0.4) is 0 Å². The zero-order valence-electron chi connectivity index (χ0n) is 18.3. The third kappa shape index (κ3) is 4.23. The summed E-state index contributed by atoms with van der Waals surface area (Å²) in [5, 5.41) is 0. The number of benzene rings is 2. The second-order valence-electron chi connectivity index (χ2n) is 8.40. The Kier molecular flexibility index (Phi) is 5.86. The number of carbonyl (C=O) groups excluding carboxylic acids is 2. The van der Waals surface area contributed by atoms with E-state index in [4.69, 9.17) is 4.74 Å². The lowest BCUT2D eigenvalue weighted by Crippen LogP contribution is -2.67. The van der Waals surface area contributed by atoms with Crippen LogP contribution in [0.1, 0.15) is 31.8 Å². The van der Waals surface area contributed by atoms with Crippen molar-refractivity contribution in [2.24, 2.45) is 0 Å². The van der Waals surface area contributed by atoms with Gasteiger partial charge in [-0.1, -0.05) is 48.5 Å². The number of amides is 1. The highest BCUT2D eigenvalue weighted by Crippen LogP contribution is 2.36. The van der Waals surface area contributed by atoms with Crippen LogP contribution in [0.25, 0.3) is 6.08 Å². The van der Waals surface area contributed by atoms with Gasteiger partial charge in [0.1, 0.15) is 5.66 Å². The SMILES string of the molecule is O=C(/C=C/c1ccc(C(=O)N2CCN(Cc3ccccc3)C23COC3)cc1)c1cccnc1. The standard InChI is InChI=1S/C27H25N3O3/c31-25(24-7-4-14-28-17-24)13-10-21-8-11-23(12-9-21)26(32)30-16-15-29(27(30)19-33-20-27)18-22-5-2-1-3-6-22/h1-14,17H,15-16,18-20H2/b13-10+. The molecule has 3 aromatic rings. The predicted molar refractivity (Wildman–Crippen MR) is 125 cm³/mol. The van der Waals surface area contributed by atoms with Gasteiger partial charge in [-0.15, -0.1) is 0 Å². The van der Waals surface area contributed by atoms with Crippen molar-refractivity contribution in [1.29, 1.82) is 0 Å². The van der Waals surface area contributed by atoms with Crippen LogP contribution in [0.4, 0.5) is 0 Å². The fourth-order valence-electron chi connectivity index (χ4n) is 4.42. The van der Waals surface area contributed by atoms with Gasteiger partial charge in [0.25, 0.3) is 5.91 Å². The number of ketones is 1. The van der Waals surface area contributed by atoms with Crippen molar-refractivity contribution in [2.75, 3.05) is 26.3 Å². The first kappa shape index (κ1) is 21.2. The van der Waals surface area contributed by atoms with E-state index in [1.165, 1.54) is 11.6 Å². The first-order valence-corrected chi connectivity index (χ1v) is 11.1. The number of rotatable bonds is 6. The van der Waals surface area contributed by atoms with Crippen LogP contribution in [0.2, 0.25) is 0 Å². The first-order valence-electron chi connectivity index (χ1n) is 11.1. The zero-order chi connectivity index (χ0) is 22.7. The van der Waals surface area contributed by atoms with Crippen LogP contribution in [0, 0.1) is 0 Å². The molecule has 33 heavy (non-hydrogen) atoms. The summed E-state index contributed by atoms with van der Waals surface area (Å²) in [6, 6.07) is 21.2. The average Bonchev–Trinajstić information content (AvgIpc) is 3.23. The quantitative estimate of drug-likeness (QED) is 0.433. The van der Waals surface area contributed by atoms with Crippen molar-refractivity contribution in [2.45, 2.75) is 12.2 Å². The minimum Gasteiger partial charge on any atom is -0.374 e. The Morgan fingerprint density at radius 2 is 1.73 bits per heavy atom. The van der Waals surface area contributed by atoms with E-state index in [9.17, 15) is 9.59 Å². The summed E-state index contributed by atoms with van der Waals surface area (Å²) in [6.45, 7) is 3.35. The Labute approximate surface area is 193 Å². The van der Waals surface area contributed by atoms with E-state index in [0.717, 1.165) is 18.7 Å². The summed E-state index contributed by atoms with van der Waals surface area (Å²) in [5.74, 6) is -0.0958. The smallest absolute Gasteiger partial charge is 0.255 e. The van der Waals surface area contributed by atoms with Gasteiger partial charge in [0.15, 0.2) is 5.78 Å². The lowest BCUT2D eigenvalue weighted by molar-refractivity contribution is -0.176. The van der Waals surface area contributed by atoms with Gasteiger partial charge in [0.2, 0.25) is 0 Å². The van der Waals surface area contributed by atoms with E-state index in [0.29, 0.717) is 30.9 Å². The molecular formula is C27H25N3O3. The van der Waals surface area contributed by atoms with Crippen LogP contribution in [-0.4, -0.2) is 58.4 Å². The van der Waals surface area contributed by atoms with Crippen LogP contribution in [-0.2, 0) is 11.3 Å². The Morgan fingerprint density at radius 1 is 0.939 bits per heavy atom. The number of pyridine rings is 1. The molecule has 1 amide bonds. The predicted octanol–water partition coefficient (Wildman–Crippen LogP) is 3.66. The third-order valence-corrected chi connectivity index (χ3v) is 6.34. The lowest BCUT2D eigenvalue weighted by Gasteiger charge is -2.49. The van der Waals surface area contributed by atoms with Crippen molar-refractivity contribution in [1.82, 2.24) is 14.8 Å². The molecule has 0 unspecified atom stereocenters. The van der Waals surface area contributed by atoms with Gasteiger partial charge in [-0.05, 0) is 41.5 Å². The Morgan fingerprint density at radius 3 is 2.39 bits per heavy atom. The Bertz CT molecular complexity index is 1160. The molecule has 0 radical (unpaired) electrons. The van der Waals surface area contributed by atoms with Gasteiger partial charge in [-0.3, -0.25) is 19.5 Å². The molecule has 1 spiro atoms. The van der Waals surface area contributed by atoms with E-state index in [1.807, 2.05) is 47.4 Å². The van der Waals surface area contributed by atoms with Crippen LogP contribution in [0.15, 0.2) is 85.2 Å². The molecule has 0 saturated carbocycles. The van der Waals surface area contributed by atoms with Gasteiger partial charge in [-0.2, -0.15) is 0 Å². The summed E-state index contributed by atoms with van der Waals surface area (Å²) in [4.78, 5) is 33.9. The summed E-state index contributed by atoms with van der Waals surface area (Å²) >= 11 is 0. The minimum atomic E-state index is -0.373. The lowest BCUT2D eigenvalue weighted by atomic mass is 10.0. The number of aromatic nitrogens is 1. The molecule has 0 atom stereocenters. The largest absolute Gasteiger partial charge is 0.374 e. The van der Waals surface area contributed by atoms with Gasteiger partial charge in [0.05, 0.1) is 13.2 Å². The highest BCUT2D eigenvalue weighted by atomic mass is 16.5. The fraction of sp³-hybridized carbons (Fsp3) is 0.222. The normalized spacial score (nSPS) is 17.4. The van der Waals surface area contributed by atoms with Gasteiger partial charge >= 0.3 is 0 Å². The topological polar surface area (TPSA) is 62.7 Å². The molecule has 0 bridgehead atoms. The fourth-order valence-corrected chi connectivity index (χ4v) is 4.42. The van der Waals surface area contributed by atoms with Crippen LogP contribution in [0.5, 0.6) is 0 Å². The van der Waals surface area contributed by atoms with E-state index < -0.39 is 0 Å². The summed E-state index contributed by atoms with van der Waals surface area (Å²) in [6.07, 6.45) is 6.46. The molecule has 0 aliphatic carbocycles. The summed E-state index contributed by atoms with van der Waals surface area (Å²) < 4.78 is 5.57. The van der Waals surface area contributed by atoms with Crippen molar-refractivity contribution in [3.63, 3.8) is 0 Å². The minimum absolute atomic E-state index is 0.0100. The third-order valence-electron chi connectivity index (χ3n) is 6.34. The number of carbonyl (C=O) groups is 2. The molecule has 6 heteroatoms. The molecule has 2 aromatic carbocycles. The van der Waals surface area contributed by atoms with E-state index >= 15 is 0 Å². The van der Waals surface area contributed by atoms with Crippen molar-refractivity contribution >= 4 is 17.8 Å². The van der Waals surface area contributed by atoms with Gasteiger partial charge < -0.3 is 9.64 Å². The number of nitrogens with zero attached hydrogens (tertiary/aromatic N) is 3. The zero-order valence-corrected chi connectivity index (χ0v) is 18.3. The first-order chi connectivity index (χ1) is 16.2. The van der Waals surface area contributed by atoms with Crippen LogP contribution >= 0.6 is 0 Å². The number of ether oxygens (including phenoxy) is 1. The van der Waals surface area contributed by atoms with Crippen molar-refractivity contribution in [3.8, 4) is 0 Å². The monoisotopic (exact) mass is 439 g/mol. The second-order valence-corrected chi connectivity index (χ2v) is 8.40. The number of hydrogen-bond acceptors (Lipinski definition) is 5. The number of hydrogen-bond donors (Lipinski definition) is 0. The second kappa shape index (κ2) is 9.10. The highest BCUT2D eigenvalue weighted by molar-refractivity contribution is 6.06. The molecule has 5 rings (SSSR count). The molecule has 0 N–H and O–H groups in total. The molecular weight excluding hydrogens is 414 g/mol.